The summed E-state index contributed by atoms with van der Waals surface area (Å²) in [6.07, 6.45) is 3.99. The monoisotopic (exact) mass is 242 g/mol. The van der Waals surface area contributed by atoms with Crippen molar-refractivity contribution in [1.82, 2.24) is 9.88 Å². The molecule has 0 fully saturated rings. The molecule has 1 rings (SSSR count). The lowest BCUT2D eigenvalue weighted by Gasteiger charge is -2.20. The van der Waals surface area contributed by atoms with Crippen LogP contribution in [0.15, 0.2) is 24.4 Å². The van der Waals surface area contributed by atoms with Gasteiger partial charge in [-0.1, -0.05) is 6.07 Å². The van der Waals surface area contributed by atoms with Crippen LogP contribution < -0.4 is 0 Å². The molecule has 1 aromatic heterocycles. The van der Waals surface area contributed by atoms with Crippen molar-refractivity contribution in [2.75, 3.05) is 30.9 Å². The van der Waals surface area contributed by atoms with E-state index in [1.807, 2.05) is 30.1 Å². The molecular formula is C11H18N2S2. The summed E-state index contributed by atoms with van der Waals surface area (Å²) in [7, 11) is 0. The van der Waals surface area contributed by atoms with Gasteiger partial charge in [0.1, 0.15) is 0 Å². The van der Waals surface area contributed by atoms with Crippen LogP contribution in [0.4, 0.5) is 0 Å². The minimum Gasteiger partial charge on any atom is -0.296 e. The average Bonchev–Trinajstić information content (AvgIpc) is 2.28. The Kier molecular flexibility index (Phi) is 6.88. The van der Waals surface area contributed by atoms with Crippen LogP contribution >= 0.6 is 24.4 Å². The number of pyridine rings is 1. The SMILES string of the molecule is CSCCN(CCS)Cc1ccccn1. The van der Waals surface area contributed by atoms with E-state index in [0.29, 0.717) is 0 Å². The van der Waals surface area contributed by atoms with Crippen LogP contribution in [0.25, 0.3) is 0 Å². The summed E-state index contributed by atoms with van der Waals surface area (Å²) >= 11 is 6.16. The summed E-state index contributed by atoms with van der Waals surface area (Å²) < 4.78 is 0. The van der Waals surface area contributed by atoms with Crippen molar-refractivity contribution in [3.63, 3.8) is 0 Å². The van der Waals surface area contributed by atoms with E-state index in [0.717, 1.165) is 31.1 Å². The van der Waals surface area contributed by atoms with Gasteiger partial charge in [0, 0.05) is 37.3 Å². The molecule has 0 aliphatic carbocycles. The second-order valence-electron chi connectivity index (χ2n) is 3.31. The third-order valence-corrected chi connectivity index (χ3v) is 2.93. The van der Waals surface area contributed by atoms with E-state index in [9.17, 15) is 0 Å². The lowest BCUT2D eigenvalue weighted by atomic mass is 10.3. The van der Waals surface area contributed by atoms with Gasteiger partial charge < -0.3 is 0 Å². The van der Waals surface area contributed by atoms with Crippen LogP contribution in [-0.2, 0) is 6.54 Å². The zero-order valence-corrected chi connectivity index (χ0v) is 10.8. The lowest BCUT2D eigenvalue weighted by Crippen LogP contribution is -2.28. The molecule has 84 valence electrons. The topological polar surface area (TPSA) is 16.1 Å². The summed E-state index contributed by atoms with van der Waals surface area (Å²) in [5, 5.41) is 0. The molecule has 0 saturated heterocycles. The fraction of sp³-hybridized carbons (Fsp3) is 0.545. The van der Waals surface area contributed by atoms with Crippen LogP contribution in [0.3, 0.4) is 0 Å². The highest BCUT2D eigenvalue weighted by atomic mass is 32.2. The first kappa shape index (κ1) is 12.9. The van der Waals surface area contributed by atoms with Gasteiger partial charge in [0.2, 0.25) is 0 Å². The highest BCUT2D eigenvalue weighted by Crippen LogP contribution is 2.03. The Hall–Kier alpha value is -0.190. The third-order valence-electron chi connectivity index (χ3n) is 2.14. The van der Waals surface area contributed by atoms with Gasteiger partial charge in [-0.15, -0.1) is 0 Å². The predicted octanol–water partition coefficient (Wildman–Crippen LogP) is 2.18. The minimum atomic E-state index is 0.904. The number of thioether (sulfide) groups is 1. The van der Waals surface area contributed by atoms with Crippen molar-refractivity contribution in [1.29, 1.82) is 0 Å². The molecule has 2 nitrogen and oxygen atoms in total. The highest BCUT2D eigenvalue weighted by Gasteiger charge is 2.04. The molecule has 0 radical (unpaired) electrons. The first-order valence-corrected chi connectivity index (χ1v) is 7.11. The van der Waals surface area contributed by atoms with Crippen molar-refractivity contribution in [3.05, 3.63) is 30.1 Å². The molecule has 0 saturated carbocycles. The minimum absolute atomic E-state index is 0.904. The molecule has 1 aromatic rings. The van der Waals surface area contributed by atoms with Crippen molar-refractivity contribution in [3.8, 4) is 0 Å². The zero-order valence-electron chi connectivity index (χ0n) is 9.09. The van der Waals surface area contributed by atoms with Gasteiger partial charge in [-0.3, -0.25) is 9.88 Å². The average molecular weight is 242 g/mol. The maximum Gasteiger partial charge on any atom is 0.0543 e. The summed E-state index contributed by atoms with van der Waals surface area (Å²) in [5.74, 6) is 2.07. The van der Waals surface area contributed by atoms with Gasteiger partial charge in [-0.25, -0.2) is 0 Å². The summed E-state index contributed by atoms with van der Waals surface area (Å²) in [6.45, 7) is 3.07. The van der Waals surface area contributed by atoms with E-state index in [2.05, 4.69) is 34.8 Å². The van der Waals surface area contributed by atoms with Gasteiger partial charge >= 0.3 is 0 Å². The van der Waals surface area contributed by atoms with E-state index < -0.39 is 0 Å². The zero-order chi connectivity index (χ0) is 10.9. The fourth-order valence-electron chi connectivity index (χ4n) is 1.35. The molecular weight excluding hydrogens is 224 g/mol. The smallest absolute Gasteiger partial charge is 0.0543 e. The number of aromatic nitrogens is 1. The Morgan fingerprint density at radius 2 is 2.27 bits per heavy atom. The normalized spacial score (nSPS) is 10.9. The second-order valence-corrected chi connectivity index (χ2v) is 4.75. The van der Waals surface area contributed by atoms with Crippen LogP contribution in [0.2, 0.25) is 0 Å². The van der Waals surface area contributed by atoms with Crippen LogP contribution in [0.1, 0.15) is 5.69 Å². The maximum atomic E-state index is 4.34. The van der Waals surface area contributed by atoms with Crippen molar-refractivity contribution in [2.24, 2.45) is 0 Å². The molecule has 0 unspecified atom stereocenters. The number of hydrogen-bond donors (Lipinski definition) is 1. The van der Waals surface area contributed by atoms with Gasteiger partial charge in [0.15, 0.2) is 0 Å². The Labute approximate surface area is 102 Å². The van der Waals surface area contributed by atoms with E-state index in [1.165, 1.54) is 5.75 Å². The Morgan fingerprint density at radius 1 is 1.40 bits per heavy atom. The van der Waals surface area contributed by atoms with Gasteiger partial charge in [-0.2, -0.15) is 24.4 Å². The summed E-state index contributed by atoms with van der Waals surface area (Å²) in [5.41, 5.74) is 1.14. The van der Waals surface area contributed by atoms with Crippen LogP contribution in [0.5, 0.6) is 0 Å². The molecule has 4 heteroatoms. The first-order chi connectivity index (χ1) is 7.36. The first-order valence-electron chi connectivity index (χ1n) is 5.09. The Balaban J connectivity index is 2.43. The molecule has 0 spiro atoms. The standard InChI is InChI=1S/C11H18N2S2/c1-15-9-7-13(6-8-14)10-11-4-2-3-5-12-11/h2-5,14H,6-10H2,1H3. The quantitative estimate of drug-likeness (QED) is 0.738. The van der Waals surface area contributed by atoms with Crippen molar-refractivity contribution >= 4 is 24.4 Å². The van der Waals surface area contributed by atoms with Gasteiger partial charge in [0.05, 0.1) is 5.69 Å². The van der Waals surface area contributed by atoms with E-state index in [-0.39, 0.29) is 0 Å². The highest BCUT2D eigenvalue weighted by molar-refractivity contribution is 7.98. The van der Waals surface area contributed by atoms with Crippen LogP contribution in [0, 0.1) is 0 Å². The number of rotatable bonds is 7. The number of nitrogens with zero attached hydrogens (tertiary/aromatic N) is 2. The second kappa shape index (κ2) is 8.02. The summed E-state index contributed by atoms with van der Waals surface area (Å²) in [4.78, 5) is 6.73. The van der Waals surface area contributed by atoms with Gasteiger partial charge in [-0.05, 0) is 18.4 Å². The van der Waals surface area contributed by atoms with Crippen molar-refractivity contribution in [2.45, 2.75) is 6.54 Å². The van der Waals surface area contributed by atoms with E-state index >= 15 is 0 Å². The van der Waals surface area contributed by atoms with Crippen molar-refractivity contribution < 1.29 is 0 Å². The molecule has 15 heavy (non-hydrogen) atoms. The Morgan fingerprint density at radius 3 is 2.87 bits per heavy atom. The molecule has 0 aromatic carbocycles. The number of hydrogen-bond acceptors (Lipinski definition) is 4. The summed E-state index contributed by atoms with van der Waals surface area (Å²) in [6, 6.07) is 6.06. The van der Waals surface area contributed by atoms with Gasteiger partial charge in [0.25, 0.3) is 0 Å². The number of thiol groups is 1. The maximum absolute atomic E-state index is 4.34. The molecule has 0 amide bonds. The van der Waals surface area contributed by atoms with E-state index in [1.54, 1.807) is 0 Å². The molecule has 0 aliphatic rings. The van der Waals surface area contributed by atoms with Crippen LogP contribution in [-0.4, -0.2) is 40.7 Å². The molecule has 0 bridgehead atoms. The molecule has 0 aliphatic heterocycles. The molecule has 1 heterocycles. The lowest BCUT2D eigenvalue weighted by molar-refractivity contribution is 0.297. The predicted molar refractivity (Wildman–Crippen MR) is 71.7 cm³/mol. The largest absolute Gasteiger partial charge is 0.296 e. The third kappa shape index (κ3) is 5.44. The Bertz CT molecular complexity index is 254. The molecule has 0 atom stereocenters. The van der Waals surface area contributed by atoms with E-state index in [4.69, 9.17) is 0 Å². The fourth-order valence-corrected chi connectivity index (χ4v) is 2.08. The molecule has 0 N–H and O–H groups in total.